The summed E-state index contributed by atoms with van der Waals surface area (Å²) in [5.41, 5.74) is 1.61. The highest BCUT2D eigenvalue weighted by atomic mass is 16.5. The number of hydrogen-bond donors (Lipinski definition) is 3. The number of rotatable bonds is 6. The fourth-order valence-electron chi connectivity index (χ4n) is 3.72. The molecule has 0 atom stereocenters. The average molecular weight is 418 g/mol. The number of nitrogens with one attached hydrogen (secondary N) is 3. The summed E-state index contributed by atoms with van der Waals surface area (Å²) >= 11 is 0. The molecule has 0 radical (unpaired) electrons. The molecule has 1 aromatic carbocycles. The maximum atomic E-state index is 12.7. The van der Waals surface area contributed by atoms with Crippen LogP contribution < -0.4 is 25.5 Å². The van der Waals surface area contributed by atoms with Gasteiger partial charge in [0.15, 0.2) is 11.5 Å². The molecule has 2 fully saturated rings. The van der Waals surface area contributed by atoms with E-state index in [0.29, 0.717) is 35.3 Å². The van der Waals surface area contributed by atoms with Crippen molar-refractivity contribution in [1.29, 1.82) is 0 Å². The molecule has 1 aliphatic heterocycles. The molecule has 3 N–H and O–H groups in total. The third-order valence-corrected chi connectivity index (χ3v) is 5.58. The highest BCUT2D eigenvalue weighted by Gasteiger charge is 2.52. The SMILES string of the molecule is COc1ccc(C(=O)NCC(=O)NN2C(=O)NC3(CCC(C)CC3)C2=O)cc1OC. The van der Waals surface area contributed by atoms with E-state index >= 15 is 0 Å². The van der Waals surface area contributed by atoms with Gasteiger partial charge in [0.1, 0.15) is 5.54 Å². The number of hydrazine groups is 1. The predicted molar refractivity (Wildman–Crippen MR) is 106 cm³/mol. The Kier molecular flexibility index (Phi) is 6.14. The van der Waals surface area contributed by atoms with Crippen molar-refractivity contribution in [1.82, 2.24) is 21.1 Å². The fraction of sp³-hybridized carbons (Fsp3) is 0.500. The quantitative estimate of drug-likeness (QED) is 0.591. The third kappa shape index (κ3) is 4.17. The van der Waals surface area contributed by atoms with Crippen LogP contribution in [-0.2, 0) is 9.59 Å². The minimum atomic E-state index is -0.945. The molecule has 1 heterocycles. The lowest BCUT2D eigenvalue weighted by Crippen LogP contribution is -2.52. The number of urea groups is 1. The summed E-state index contributed by atoms with van der Waals surface area (Å²) in [7, 11) is 2.93. The molecule has 30 heavy (non-hydrogen) atoms. The number of imide groups is 1. The Morgan fingerprint density at radius 3 is 2.47 bits per heavy atom. The summed E-state index contributed by atoms with van der Waals surface area (Å²) in [5, 5.41) is 5.88. The van der Waals surface area contributed by atoms with Gasteiger partial charge >= 0.3 is 6.03 Å². The zero-order valence-corrected chi connectivity index (χ0v) is 17.2. The number of carbonyl (C=O) groups is 4. The maximum Gasteiger partial charge on any atom is 0.344 e. The molecule has 1 aliphatic carbocycles. The number of amides is 5. The van der Waals surface area contributed by atoms with Crippen molar-refractivity contribution < 1.29 is 28.7 Å². The third-order valence-electron chi connectivity index (χ3n) is 5.58. The summed E-state index contributed by atoms with van der Waals surface area (Å²) in [5.74, 6) is -0.318. The van der Waals surface area contributed by atoms with E-state index in [9.17, 15) is 19.2 Å². The second kappa shape index (κ2) is 8.60. The van der Waals surface area contributed by atoms with Crippen LogP contribution in [0.1, 0.15) is 43.0 Å². The van der Waals surface area contributed by atoms with E-state index in [1.165, 1.54) is 26.4 Å². The Labute approximate surface area is 174 Å². The summed E-state index contributed by atoms with van der Waals surface area (Å²) in [4.78, 5) is 49.5. The Morgan fingerprint density at radius 2 is 1.83 bits per heavy atom. The number of ether oxygens (including phenoxy) is 2. The molecule has 0 bridgehead atoms. The molecular weight excluding hydrogens is 392 g/mol. The van der Waals surface area contributed by atoms with Crippen molar-refractivity contribution in [2.24, 2.45) is 5.92 Å². The molecule has 10 nitrogen and oxygen atoms in total. The van der Waals surface area contributed by atoms with Crippen molar-refractivity contribution in [2.45, 2.75) is 38.1 Å². The smallest absolute Gasteiger partial charge is 0.344 e. The van der Waals surface area contributed by atoms with Crippen LogP contribution in [0.5, 0.6) is 11.5 Å². The van der Waals surface area contributed by atoms with Gasteiger partial charge in [-0.15, -0.1) is 0 Å². The van der Waals surface area contributed by atoms with Gasteiger partial charge in [-0.1, -0.05) is 6.92 Å². The Balaban J connectivity index is 1.56. The van der Waals surface area contributed by atoms with Crippen molar-refractivity contribution in [2.75, 3.05) is 20.8 Å². The van der Waals surface area contributed by atoms with Crippen LogP contribution in [0.2, 0.25) is 0 Å². The first-order chi connectivity index (χ1) is 14.3. The van der Waals surface area contributed by atoms with Gasteiger partial charge in [0, 0.05) is 5.56 Å². The van der Waals surface area contributed by atoms with Gasteiger partial charge in [0.25, 0.3) is 17.7 Å². The van der Waals surface area contributed by atoms with Gasteiger partial charge in [-0.25, -0.2) is 4.79 Å². The number of methoxy groups -OCH3 is 2. The van der Waals surface area contributed by atoms with Crippen molar-refractivity contribution in [3.63, 3.8) is 0 Å². The van der Waals surface area contributed by atoms with Crippen molar-refractivity contribution >= 4 is 23.8 Å². The van der Waals surface area contributed by atoms with Crippen LogP contribution in [0, 0.1) is 5.92 Å². The van der Waals surface area contributed by atoms with Crippen LogP contribution in [0.25, 0.3) is 0 Å². The highest BCUT2D eigenvalue weighted by Crippen LogP contribution is 2.35. The second-order valence-electron chi connectivity index (χ2n) is 7.62. The minimum absolute atomic E-state index is 0.269. The number of hydrogen-bond acceptors (Lipinski definition) is 6. The molecule has 162 valence electrons. The molecule has 1 spiro atoms. The fourth-order valence-corrected chi connectivity index (χ4v) is 3.72. The van der Waals surface area contributed by atoms with Crippen molar-refractivity contribution in [3.8, 4) is 11.5 Å². The van der Waals surface area contributed by atoms with Crippen LogP contribution >= 0.6 is 0 Å². The molecular formula is C20H26N4O6. The van der Waals surface area contributed by atoms with E-state index < -0.39 is 35.8 Å². The zero-order chi connectivity index (χ0) is 21.9. The van der Waals surface area contributed by atoms with E-state index in [2.05, 4.69) is 23.0 Å². The maximum absolute atomic E-state index is 12.7. The van der Waals surface area contributed by atoms with Gasteiger partial charge in [-0.3, -0.25) is 19.8 Å². The molecule has 1 saturated carbocycles. The van der Waals surface area contributed by atoms with E-state index in [1.807, 2.05) is 0 Å². The minimum Gasteiger partial charge on any atom is -0.493 e. The summed E-state index contributed by atoms with van der Waals surface area (Å²) in [6, 6.07) is 3.93. The number of benzene rings is 1. The van der Waals surface area contributed by atoms with Gasteiger partial charge in [0.05, 0.1) is 20.8 Å². The van der Waals surface area contributed by atoms with Crippen LogP contribution in [-0.4, -0.2) is 55.1 Å². The molecule has 1 aromatic rings. The zero-order valence-electron chi connectivity index (χ0n) is 17.2. The molecule has 5 amide bonds. The lowest BCUT2D eigenvalue weighted by Gasteiger charge is -2.33. The number of nitrogens with zero attached hydrogens (tertiary/aromatic N) is 1. The van der Waals surface area contributed by atoms with E-state index in [0.717, 1.165) is 12.8 Å². The van der Waals surface area contributed by atoms with Gasteiger partial charge in [-0.05, 0) is 49.8 Å². The number of carbonyl (C=O) groups excluding carboxylic acids is 4. The molecule has 0 unspecified atom stereocenters. The summed E-state index contributed by atoms with van der Waals surface area (Å²) < 4.78 is 10.3. The molecule has 10 heteroatoms. The monoisotopic (exact) mass is 418 g/mol. The Bertz CT molecular complexity index is 863. The Morgan fingerprint density at radius 1 is 1.17 bits per heavy atom. The first-order valence-corrected chi connectivity index (χ1v) is 9.76. The first kappa shape index (κ1) is 21.4. The van der Waals surface area contributed by atoms with Gasteiger partial charge in [0.2, 0.25) is 0 Å². The lowest BCUT2D eigenvalue weighted by atomic mass is 9.77. The second-order valence-corrected chi connectivity index (χ2v) is 7.62. The molecule has 3 rings (SSSR count). The topological polar surface area (TPSA) is 126 Å². The van der Waals surface area contributed by atoms with Crippen molar-refractivity contribution in [3.05, 3.63) is 23.8 Å². The highest BCUT2D eigenvalue weighted by molar-refractivity contribution is 6.08. The Hall–Kier alpha value is -3.30. The van der Waals surface area contributed by atoms with Crippen LogP contribution in [0.4, 0.5) is 4.79 Å². The summed E-state index contributed by atoms with van der Waals surface area (Å²) in [6.45, 7) is 1.70. The van der Waals surface area contributed by atoms with Gasteiger partial charge < -0.3 is 20.1 Å². The van der Waals surface area contributed by atoms with E-state index in [1.54, 1.807) is 6.07 Å². The molecule has 1 saturated heterocycles. The standard InChI is InChI=1S/C20H26N4O6/c1-12-6-8-20(9-7-12)18(27)24(19(28)22-20)23-16(25)11-21-17(26)13-4-5-14(29-2)15(10-13)30-3/h4-5,10,12H,6-9,11H2,1-3H3,(H,21,26)(H,22,28)(H,23,25). The summed E-state index contributed by atoms with van der Waals surface area (Å²) in [6.07, 6.45) is 2.74. The van der Waals surface area contributed by atoms with Gasteiger partial charge in [-0.2, -0.15) is 5.01 Å². The first-order valence-electron chi connectivity index (χ1n) is 9.76. The molecule has 2 aliphatic rings. The average Bonchev–Trinajstić information content (AvgIpc) is 2.97. The van der Waals surface area contributed by atoms with E-state index in [4.69, 9.17) is 9.47 Å². The normalized spacial score (nSPS) is 23.2. The predicted octanol–water partition coefficient (Wildman–Crippen LogP) is 0.965. The van der Waals surface area contributed by atoms with Crippen LogP contribution in [0.15, 0.2) is 18.2 Å². The van der Waals surface area contributed by atoms with E-state index in [-0.39, 0.29) is 5.56 Å². The molecule has 0 aromatic heterocycles. The van der Waals surface area contributed by atoms with Crippen LogP contribution in [0.3, 0.4) is 0 Å². The largest absolute Gasteiger partial charge is 0.493 e. The lowest BCUT2D eigenvalue weighted by molar-refractivity contribution is -0.139.